The van der Waals surface area contributed by atoms with Crippen molar-refractivity contribution in [3.05, 3.63) is 29.8 Å². The Morgan fingerprint density at radius 1 is 1.50 bits per heavy atom. The van der Waals surface area contributed by atoms with E-state index < -0.39 is 11.9 Å². The Kier molecular flexibility index (Phi) is 3.36. The van der Waals surface area contributed by atoms with E-state index in [-0.39, 0.29) is 6.54 Å². The van der Waals surface area contributed by atoms with Gasteiger partial charge in [0.05, 0.1) is 12.5 Å². The Bertz CT molecular complexity index is 565. The van der Waals surface area contributed by atoms with Gasteiger partial charge in [0, 0.05) is 5.56 Å². The Morgan fingerprint density at radius 3 is 2.94 bits per heavy atom. The minimum Gasteiger partial charge on any atom is -0.481 e. The van der Waals surface area contributed by atoms with Gasteiger partial charge in [-0.05, 0) is 23.4 Å². The van der Waals surface area contributed by atoms with Crippen molar-refractivity contribution in [2.45, 2.75) is 20.4 Å². The molecule has 1 unspecified atom stereocenters. The van der Waals surface area contributed by atoms with Gasteiger partial charge in [0.25, 0.3) is 0 Å². The molecule has 1 atom stereocenters. The minimum absolute atomic E-state index is 0.256. The fourth-order valence-electron chi connectivity index (χ4n) is 1.66. The number of carbonyl (C=O) groups is 1. The lowest BCUT2D eigenvalue weighted by atomic mass is 10.1. The molecule has 1 N–H and O–H groups in total. The minimum atomic E-state index is -0.860. The molecule has 2 rings (SSSR count). The first kappa shape index (κ1) is 12.2. The van der Waals surface area contributed by atoms with Gasteiger partial charge in [-0.15, -0.1) is 5.10 Å². The molecule has 94 valence electrons. The lowest BCUT2D eigenvalue weighted by Gasteiger charge is -2.08. The molecule has 0 amide bonds. The summed E-state index contributed by atoms with van der Waals surface area (Å²) >= 11 is 0. The molecule has 2 aromatic rings. The molecule has 0 fully saturated rings. The maximum atomic E-state index is 10.8. The zero-order chi connectivity index (χ0) is 13.1. The summed E-state index contributed by atoms with van der Waals surface area (Å²) in [6.07, 6.45) is 0. The fourth-order valence-corrected chi connectivity index (χ4v) is 1.66. The molecule has 0 aliphatic rings. The summed E-state index contributed by atoms with van der Waals surface area (Å²) in [4.78, 5) is 10.8. The van der Waals surface area contributed by atoms with Crippen molar-refractivity contribution in [2.24, 2.45) is 5.92 Å². The topological polar surface area (TPSA) is 80.9 Å². The first-order valence-electron chi connectivity index (χ1n) is 5.64. The molecule has 0 aliphatic carbocycles. The SMILES string of the molecule is Cc1cccc(-c2nnnn2CC(C)C(=O)O)c1. The summed E-state index contributed by atoms with van der Waals surface area (Å²) in [5.74, 6) is -0.801. The number of nitrogens with zero attached hydrogens (tertiary/aromatic N) is 4. The predicted octanol–water partition coefficient (Wildman–Crippen LogP) is 1.37. The lowest BCUT2D eigenvalue weighted by molar-refractivity contribution is -0.141. The van der Waals surface area contributed by atoms with Crippen LogP contribution in [0.5, 0.6) is 0 Å². The van der Waals surface area contributed by atoms with E-state index in [1.807, 2.05) is 31.2 Å². The van der Waals surface area contributed by atoms with Crippen LogP contribution < -0.4 is 0 Å². The third-order valence-corrected chi connectivity index (χ3v) is 2.68. The summed E-state index contributed by atoms with van der Waals surface area (Å²) in [5, 5.41) is 20.3. The second-order valence-corrected chi connectivity index (χ2v) is 4.29. The van der Waals surface area contributed by atoms with Crippen LogP contribution in [0.15, 0.2) is 24.3 Å². The number of hydrogen-bond acceptors (Lipinski definition) is 4. The molecular formula is C12H14N4O2. The molecule has 18 heavy (non-hydrogen) atoms. The Balaban J connectivity index is 2.30. The zero-order valence-corrected chi connectivity index (χ0v) is 10.2. The number of aryl methyl sites for hydroxylation is 1. The molecule has 0 spiro atoms. The van der Waals surface area contributed by atoms with Gasteiger partial charge in [0.2, 0.25) is 0 Å². The molecule has 0 radical (unpaired) electrons. The van der Waals surface area contributed by atoms with Gasteiger partial charge < -0.3 is 5.11 Å². The van der Waals surface area contributed by atoms with Crippen molar-refractivity contribution in [1.29, 1.82) is 0 Å². The fraction of sp³-hybridized carbons (Fsp3) is 0.333. The molecule has 1 aromatic carbocycles. The lowest BCUT2D eigenvalue weighted by Crippen LogP contribution is -2.18. The molecule has 6 heteroatoms. The summed E-state index contributed by atoms with van der Waals surface area (Å²) in [6.45, 7) is 3.87. The van der Waals surface area contributed by atoms with Crippen molar-refractivity contribution in [2.75, 3.05) is 0 Å². The highest BCUT2D eigenvalue weighted by Crippen LogP contribution is 2.17. The van der Waals surface area contributed by atoms with Gasteiger partial charge in [-0.1, -0.05) is 30.7 Å². The van der Waals surface area contributed by atoms with E-state index in [2.05, 4.69) is 15.5 Å². The highest BCUT2D eigenvalue weighted by molar-refractivity contribution is 5.69. The second kappa shape index (κ2) is 4.95. The van der Waals surface area contributed by atoms with Gasteiger partial charge in [0.1, 0.15) is 0 Å². The van der Waals surface area contributed by atoms with Gasteiger partial charge in [-0.2, -0.15) is 0 Å². The van der Waals surface area contributed by atoms with Crippen LogP contribution in [-0.2, 0) is 11.3 Å². The van der Waals surface area contributed by atoms with Crippen molar-refractivity contribution < 1.29 is 9.90 Å². The summed E-state index contributed by atoms with van der Waals surface area (Å²) in [6, 6.07) is 7.77. The molecule has 0 bridgehead atoms. The number of carboxylic acids is 1. The highest BCUT2D eigenvalue weighted by atomic mass is 16.4. The molecule has 0 aliphatic heterocycles. The quantitative estimate of drug-likeness (QED) is 0.881. The Morgan fingerprint density at radius 2 is 2.28 bits per heavy atom. The number of benzene rings is 1. The van der Waals surface area contributed by atoms with Crippen LogP contribution >= 0.6 is 0 Å². The average Bonchev–Trinajstić information content (AvgIpc) is 2.77. The van der Waals surface area contributed by atoms with Crippen LogP contribution in [0, 0.1) is 12.8 Å². The molecule has 1 heterocycles. The van der Waals surface area contributed by atoms with E-state index in [4.69, 9.17) is 5.11 Å². The number of carboxylic acid groups (broad SMARTS) is 1. The number of tetrazole rings is 1. The molecule has 1 aromatic heterocycles. The van der Waals surface area contributed by atoms with Gasteiger partial charge in [-0.3, -0.25) is 4.79 Å². The van der Waals surface area contributed by atoms with E-state index in [9.17, 15) is 4.79 Å². The monoisotopic (exact) mass is 246 g/mol. The highest BCUT2D eigenvalue weighted by Gasteiger charge is 2.16. The number of aliphatic carboxylic acids is 1. The number of rotatable bonds is 4. The predicted molar refractivity (Wildman–Crippen MR) is 64.8 cm³/mol. The van der Waals surface area contributed by atoms with Gasteiger partial charge >= 0.3 is 5.97 Å². The largest absolute Gasteiger partial charge is 0.481 e. The maximum absolute atomic E-state index is 10.8. The van der Waals surface area contributed by atoms with Crippen LogP contribution in [0.3, 0.4) is 0 Å². The van der Waals surface area contributed by atoms with E-state index in [0.29, 0.717) is 5.82 Å². The molecule has 0 saturated heterocycles. The average molecular weight is 246 g/mol. The van der Waals surface area contributed by atoms with E-state index >= 15 is 0 Å². The third-order valence-electron chi connectivity index (χ3n) is 2.68. The van der Waals surface area contributed by atoms with Crippen molar-refractivity contribution in [3.8, 4) is 11.4 Å². The maximum Gasteiger partial charge on any atom is 0.308 e. The standard InChI is InChI=1S/C12H14N4O2/c1-8-4-3-5-10(6-8)11-13-14-15-16(11)7-9(2)12(17)18/h3-6,9H,7H2,1-2H3,(H,17,18). The van der Waals surface area contributed by atoms with Crippen LogP contribution in [0.1, 0.15) is 12.5 Å². The first-order valence-corrected chi connectivity index (χ1v) is 5.64. The van der Waals surface area contributed by atoms with E-state index in [0.717, 1.165) is 11.1 Å². The number of aromatic nitrogens is 4. The number of hydrogen-bond donors (Lipinski definition) is 1. The van der Waals surface area contributed by atoms with Crippen molar-refractivity contribution in [1.82, 2.24) is 20.2 Å². The van der Waals surface area contributed by atoms with E-state index in [1.165, 1.54) is 4.68 Å². The summed E-state index contributed by atoms with van der Waals surface area (Å²) < 4.78 is 1.52. The third kappa shape index (κ3) is 2.53. The van der Waals surface area contributed by atoms with E-state index in [1.54, 1.807) is 6.92 Å². The Hall–Kier alpha value is -2.24. The normalized spacial score (nSPS) is 12.3. The van der Waals surface area contributed by atoms with Crippen molar-refractivity contribution >= 4 is 5.97 Å². The molecule has 0 saturated carbocycles. The summed E-state index contributed by atoms with van der Waals surface area (Å²) in [5.41, 5.74) is 1.99. The smallest absolute Gasteiger partial charge is 0.308 e. The Labute approximate surface area is 104 Å². The first-order chi connectivity index (χ1) is 8.58. The second-order valence-electron chi connectivity index (χ2n) is 4.29. The van der Waals surface area contributed by atoms with Crippen LogP contribution in [0.4, 0.5) is 0 Å². The van der Waals surface area contributed by atoms with Crippen LogP contribution in [0.25, 0.3) is 11.4 Å². The van der Waals surface area contributed by atoms with Crippen LogP contribution in [-0.4, -0.2) is 31.3 Å². The summed E-state index contributed by atoms with van der Waals surface area (Å²) in [7, 11) is 0. The molecule has 6 nitrogen and oxygen atoms in total. The van der Waals surface area contributed by atoms with Gasteiger partial charge in [0.15, 0.2) is 5.82 Å². The van der Waals surface area contributed by atoms with Crippen LogP contribution in [0.2, 0.25) is 0 Å². The molecular weight excluding hydrogens is 232 g/mol. The van der Waals surface area contributed by atoms with Gasteiger partial charge in [-0.25, -0.2) is 4.68 Å². The zero-order valence-electron chi connectivity index (χ0n) is 10.2. The van der Waals surface area contributed by atoms with Crippen molar-refractivity contribution in [3.63, 3.8) is 0 Å².